The molecule has 6 nitrogen and oxygen atoms in total. The van der Waals surface area contributed by atoms with Crippen LogP contribution in [0, 0.1) is 0 Å². The van der Waals surface area contributed by atoms with Crippen molar-refractivity contribution in [2.45, 2.75) is 24.3 Å². The average molecular weight is 374 g/mol. The summed E-state index contributed by atoms with van der Waals surface area (Å²) < 4.78 is 23.5. The maximum absolute atomic E-state index is 12.7. The second-order valence-electron chi connectivity index (χ2n) is 6.45. The van der Waals surface area contributed by atoms with Crippen molar-refractivity contribution in [1.82, 2.24) is 10.2 Å². The summed E-state index contributed by atoms with van der Waals surface area (Å²) in [7, 11) is -3.26. The van der Waals surface area contributed by atoms with Gasteiger partial charge in [-0.3, -0.25) is 9.69 Å². The van der Waals surface area contributed by atoms with Gasteiger partial charge in [-0.15, -0.1) is 12.4 Å². The molecule has 8 heteroatoms. The van der Waals surface area contributed by atoms with Gasteiger partial charge >= 0.3 is 0 Å². The van der Waals surface area contributed by atoms with Gasteiger partial charge in [-0.25, -0.2) is 8.42 Å². The molecule has 0 aliphatic carbocycles. The Labute approximate surface area is 149 Å². The molecular weight excluding hydrogens is 350 g/mol. The summed E-state index contributed by atoms with van der Waals surface area (Å²) in [5.74, 6) is 0.0449. The van der Waals surface area contributed by atoms with E-state index in [0.29, 0.717) is 19.1 Å². The Morgan fingerprint density at radius 1 is 1.33 bits per heavy atom. The van der Waals surface area contributed by atoms with Crippen LogP contribution < -0.4 is 10.2 Å². The third-order valence-electron chi connectivity index (χ3n) is 4.49. The van der Waals surface area contributed by atoms with E-state index in [1.165, 1.54) is 6.26 Å². The van der Waals surface area contributed by atoms with Gasteiger partial charge < -0.3 is 10.2 Å². The number of hydrogen-bond acceptors (Lipinski definition) is 5. The van der Waals surface area contributed by atoms with Crippen molar-refractivity contribution in [2.75, 3.05) is 43.9 Å². The summed E-state index contributed by atoms with van der Waals surface area (Å²) in [4.78, 5) is 16.8. The van der Waals surface area contributed by atoms with E-state index in [1.54, 1.807) is 17.0 Å². The summed E-state index contributed by atoms with van der Waals surface area (Å²) in [5, 5.41) is 3.36. The lowest BCUT2D eigenvalue weighted by atomic mass is 10.2. The first-order valence-corrected chi connectivity index (χ1v) is 9.83. The number of amides is 1. The van der Waals surface area contributed by atoms with E-state index in [0.717, 1.165) is 37.3 Å². The number of benzene rings is 1. The van der Waals surface area contributed by atoms with E-state index < -0.39 is 9.84 Å². The number of nitrogens with zero attached hydrogens (tertiary/aromatic N) is 2. The Bertz CT molecular complexity index is 723. The van der Waals surface area contributed by atoms with Gasteiger partial charge in [0.05, 0.1) is 11.4 Å². The predicted molar refractivity (Wildman–Crippen MR) is 96.8 cm³/mol. The van der Waals surface area contributed by atoms with Crippen molar-refractivity contribution in [3.63, 3.8) is 0 Å². The minimum Gasteiger partial charge on any atom is -0.312 e. The number of piperazine rings is 1. The van der Waals surface area contributed by atoms with Crippen molar-refractivity contribution in [2.24, 2.45) is 0 Å². The van der Waals surface area contributed by atoms with E-state index in [4.69, 9.17) is 0 Å². The number of hydrogen-bond donors (Lipinski definition) is 1. The molecule has 0 saturated carbocycles. The molecule has 1 aromatic rings. The lowest BCUT2D eigenvalue weighted by Crippen LogP contribution is -2.52. The first-order chi connectivity index (χ1) is 10.8. The molecule has 2 heterocycles. The normalized spacial score (nSPS) is 21.2. The van der Waals surface area contributed by atoms with Crippen molar-refractivity contribution in [3.8, 4) is 0 Å². The number of carbonyl (C=O) groups is 1. The van der Waals surface area contributed by atoms with Gasteiger partial charge in [0.25, 0.3) is 0 Å². The second-order valence-corrected chi connectivity index (χ2v) is 8.46. The van der Waals surface area contributed by atoms with Crippen LogP contribution in [0.15, 0.2) is 23.1 Å². The van der Waals surface area contributed by atoms with Crippen LogP contribution in [0.1, 0.15) is 12.5 Å². The molecule has 1 unspecified atom stereocenters. The first kappa shape index (κ1) is 19.2. The smallest absolute Gasteiger partial charge is 0.241 e. The van der Waals surface area contributed by atoms with Gasteiger partial charge in [-0.1, -0.05) is 6.07 Å². The van der Waals surface area contributed by atoms with Crippen molar-refractivity contribution < 1.29 is 13.2 Å². The SMILES string of the molecule is CC1CN(CC(=O)N2CCc3ccc(S(C)(=O)=O)cc32)CCN1.Cl. The maximum Gasteiger partial charge on any atom is 0.241 e. The summed E-state index contributed by atoms with van der Waals surface area (Å²) >= 11 is 0. The molecule has 0 spiro atoms. The monoisotopic (exact) mass is 373 g/mol. The van der Waals surface area contributed by atoms with Crippen molar-refractivity contribution in [3.05, 3.63) is 23.8 Å². The number of anilines is 1. The molecule has 1 amide bonds. The van der Waals surface area contributed by atoms with Crippen LogP contribution in [0.4, 0.5) is 5.69 Å². The molecule has 2 aliphatic rings. The molecule has 24 heavy (non-hydrogen) atoms. The molecular formula is C16H24ClN3O3S. The Kier molecular flexibility index (Phi) is 5.91. The molecule has 1 aromatic carbocycles. The average Bonchev–Trinajstić information content (AvgIpc) is 2.89. The molecule has 0 bridgehead atoms. The van der Waals surface area contributed by atoms with Crippen LogP contribution in [0.25, 0.3) is 0 Å². The van der Waals surface area contributed by atoms with Gasteiger partial charge in [0.15, 0.2) is 9.84 Å². The summed E-state index contributed by atoms with van der Waals surface area (Å²) in [6.07, 6.45) is 1.97. The van der Waals surface area contributed by atoms with Gasteiger partial charge in [-0.2, -0.15) is 0 Å². The molecule has 2 aliphatic heterocycles. The van der Waals surface area contributed by atoms with Crippen LogP contribution in [-0.2, 0) is 21.1 Å². The van der Waals surface area contributed by atoms with Gasteiger partial charge in [0.2, 0.25) is 5.91 Å². The molecule has 3 rings (SSSR count). The zero-order chi connectivity index (χ0) is 16.6. The molecule has 1 fully saturated rings. The molecule has 0 radical (unpaired) electrons. The van der Waals surface area contributed by atoms with Crippen LogP contribution in [0.3, 0.4) is 0 Å². The third kappa shape index (κ3) is 4.08. The van der Waals surface area contributed by atoms with E-state index in [1.807, 2.05) is 6.07 Å². The molecule has 1 N–H and O–H groups in total. The molecule has 1 atom stereocenters. The van der Waals surface area contributed by atoms with Gasteiger partial charge in [0.1, 0.15) is 0 Å². The molecule has 134 valence electrons. The number of fused-ring (bicyclic) bond motifs is 1. The predicted octanol–water partition coefficient (Wildman–Crippen LogP) is 0.695. The number of rotatable bonds is 3. The second kappa shape index (κ2) is 7.39. The van der Waals surface area contributed by atoms with E-state index in [-0.39, 0.29) is 23.2 Å². The minimum absolute atomic E-state index is 0. The first-order valence-electron chi connectivity index (χ1n) is 7.93. The number of carbonyl (C=O) groups excluding carboxylic acids is 1. The third-order valence-corrected chi connectivity index (χ3v) is 5.60. The molecule has 0 aromatic heterocycles. The fraction of sp³-hybridized carbons (Fsp3) is 0.562. The highest BCUT2D eigenvalue weighted by molar-refractivity contribution is 7.90. The minimum atomic E-state index is -3.26. The van der Waals surface area contributed by atoms with Crippen LogP contribution in [0.2, 0.25) is 0 Å². The van der Waals surface area contributed by atoms with Crippen LogP contribution >= 0.6 is 12.4 Å². The summed E-state index contributed by atoms with van der Waals surface area (Å²) in [6.45, 7) is 5.73. The summed E-state index contributed by atoms with van der Waals surface area (Å²) in [6, 6.07) is 5.47. The van der Waals surface area contributed by atoms with Gasteiger partial charge in [-0.05, 0) is 31.0 Å². The zero-order valence-corrected chi connectivity index (χ0v) is 15.6. The van der Waals surface area contributed by atoms with E-state index in [2.05, 4.69) is 17.1 Å². The van der Waals surface area contributed by atoms with E-state index >= 15 is 0 Å². The lowest BCUT2D eigenvalue weighted by Gasteiger charge is -2.32. The Morgan fingerprint density at radius 2 is 2.08 bits per heavy atom. The van der Waals surface area contributed by atoms with Gasteiger partial charge in [0, 0.05) is 44.2 Å². The molecule has 1 saturated heterocycles. The number of sulfone groups is 1. The quantitative estimate of drug-likeness (QED) is 0.844. The largest absolute Gasteiger partial charge is 0.312 e. The Morgan fingerprint density at radius 3 is 2.75 bits per heavy atom. The highest BCUT2D eigenvalue weighted by Gasteiger charge is 2.28. The topological polar surface area (TPSA) is 69.7 Å². The highest BCUT2D eigenvalue weighted by atomic mass is 35.5. The van der Waals surface area contributed by atoms with Crippen molar-refractivity contribution in [1.29, 1.82) is 0 Å². The maximum atomic E-state index is 12.7. The highest BCUT2D eigenvalue weighted by Crippen LogP contribution is 2.30. The van der Waals surface area contributed by atoms with E-state index in [9.17, 15) is 13.2 Å². The Balaban J connectivity index is 0.00000208. The number of nitrogens with one attached hydrogen (secondary N) is 1. The van der Waals surface area contributed by atoms with Crippen LogP contribution in [-0.4, -0.2) is 64.2 Å². The summed E-state index contributed by atoms with van der Waals surface area (Å²) in [5.41, 5.74) is 1.79. The fourth-order valence-corrected chi connectivity index (χ4v) is 3.92. The Hall–Kier alpha value is -1.15. The fourth-order valence-electron chi connectivity index (χ4n) is 3.28. The standard InChI is InChI=1S/C16H23N3O3S.ClH/c1-12-10-18(8-6-17-12)11-16(20)19-7-5-13-3-4-14(9-15(13)19)23(2,21)22;/h3-4,9,12,17H,5-8,10-11H2,1-2H3;1H. The van der Waals surface area contributed by atoms with Crippen molar-refractivity contribution >= 4 is 33.8 Å². The zero-order valence-electron chi connectivity index (χ0n) is 14.0. The number of halogens is 1. The lowest BCUT2D eigenvalue weighted by molar-refractivity contribution is -0.119. The van der Waals surface area contributed by atoms with Crippen LogP contribution in [0.5, 0.6) is 0 Å².